The minimum atomic E-state index is -0.558. The van der Waals surface area contributed by atoms with Gasteiger partial charge in [0.05, 0.1) is 0 Å². The van der Waals surface area contributed by atoms with Crippen LogP contribution in [0.4, 0.5) is 11.5 Å². The van der Waals surface area contributed by atoms with Crippen molar-refractivity contribution in [1.82, 2.24) is 14.9 Å². The van der Waals surface area contributed by atoms with E-state index in [4.69, 9.17) is 5.73 Å². The second kappa shape index (κ2) is 4.55. The molecule has 1 aliphatic heterocycles. The number of aromatic nitrogens is 2. The van der Waals surface area contributed by atoms with E-state index in [1.807, 2.05) is 0 Å². The molecule has 2 rings (SSSR count). The summed E-state index contributed by atoms with van der Waals surface area (Å²) in [6.45, 7) is 0.400. The summed E-state index contributed by atoms with van der Waals surface area (Å²) < 4.78 is 1.15. The van der Waals surface area contributed by atoms with E-state index < -0.39 is 11.2 Å². The second-order valence-electron chi connectivity index (χ2n) is 4.26. The first-order chi connectivity index (χ1) is 8.49. The molecule has 0 spiro atoms. The van der Waals surface area contributed by atoms with E-state index in [0.717, 1.165) is 11.0 Å². The van der Waals surface area contributed by atoms with Gasteiger partial charge in [0, 0.05) is 26.1 Å². The lowest BCUT2D eigenvalue weighted by molar-refractivity contribution is -0.119. The molecule has 1 atom stereocenters. The fourth-order valence-electron chi connectivity index (χ4n) is 1.86. The lowest BCUT2D eigenvalue weighted by Crippen LogP contribution is -2.36. The molecule has 2 heterocycles. The maximum Gasteiger partial charge on any atom is 0.329 e. The van der Waals surface area contributed by atoms with Gasteiger partial charge in [-0.3, -0.25) is 19.1 Å². The van der Waals surface area contributed by atoms with Crippen LogP contribution in [0.2, 0.25) is 0 Å². The Morgan fingerprint density at radius 2 is 2.17 bits per heavy atom. The topological polar surface area (TPSA) is 122 Å². The standard InChI is InChI=1S/C10H15N5O3/c1-15-8(11)7(9(17)14-10(15)18)12-4-5-2-3-6(16)13-5/h5,12H,2-4,11H2,1H3,(H,13,16)(H,14,17,18). The molecule has 1 aliphatic rings. The average Bonchev–Trinajstić information content (AvgIpc) is 2.72. The van der Waals surface area contributed by atoms with Crippen LogP contribution in [0, 0.1) is 0 Å². The number of hydrogen-bond acceptors (Lipinski definition) is 5. The summed E-state index contributed by atoms with van der Waals surface area (Å²) in [4.78, 5) is 36.0. The molecular weight excluding hydrogens is 238 g/mol. The number of amides is 1. The number of nitrogens with one attached hydrogen (secondary N) is 3. The number of carbonyl (C=O) groups is 1. The molecule has 8 heteroatoms. The van der Waals surface area contributed by atoms with Crippen LogP contribution in [0.1, 0.15) is 12.8 Å². The fourth-order valence-corrected chi connectivity index (χ4v) is 1.86. The minimum Gasteiger partial charge on any atom is -0.383 e. The molecule has 1 aromatic rings. The van der Waals surface area contributed by atoms with E-state index in [1.165, 1.54) is 7.05 Å². The maximum atomic E-state index is 11.6. The predicted octanol–water partition coefficient (Wildman–Crippen LogP) is -1.65. The summed E-state index contributed by atoms with van der Waals surface area (Å²) >= 11 is 0. The normalized spacial score (nSPS) is 18.7. The fraction of sp³-hybridized carbons (Fsp3) is 0.500. The van der Waals surface area contributed by atoms with Crippen LogP contribution in [0.15, 0.2) is 9.59 Å². The van der Waals surface area contributed by atoms with Crippen LogP contribution in [0.25, 0.3) is 0 Å². The highest BCUT2D eigenvalue weighted by atomic mass is 16.2. The molecule has 1 saturated heterocycles. The van der Waals surface area contributed by atoms with Crippen molar-refractivity contribution < 1.29 is 4.79 Å². The molecule has 0 radical (unpaired) electrons. The van der Waals surface area contributed by atoms with Gasteiger partial charge in [-0.15, -0.1) is 0 Å². The molecule has 0 saturated carbocycles. The molecule has 1 amide bonds. The number of anilines is 2. The number of nitrogens with zero attached hydrogens (tertiary/aromatic N) is 1. The van der Waals surface area contributed by atoms with Crippen molar-refractivity contribution in [3.05, 3.63) is 20.8 Å². The van der Waals surface area contributed by atoms with Crippen molar-refractivity contribution in [2.24, 2.45) is 7.05 Å². The molecule has 1 fully saturated rings. The molecule has 0 aromatic carbocycles. The summed E-state index contributed by atoms with van der Waals surface area (Å²) in [5, 5.41) is 5.63. The second-order valence-corrected chi connectivity index (χ2v) is 4.26. The zero-order valence-electron chi connectivity index (χ0n) is 9.95. The molecule has 1 unspecified atom stereocenters. The van der Waals surface area contributed by atoms with Crippen molar-refractivity contribution in [2.75, 3.05) is 17.6 Å². The lowest BCUT2D eigenvalue weighted by Gasteiger charge is -2.14. The van der Waals surface area contributed by atoms with E-state index in [2.05, 4.69) is 15.6 Å². The summed E-state index contributed by atoms with van der Waals surface area (Å²) in [7, 11) is 1.47. The van der Waals surface area contributed by atoms with Crippen molar-refractivity contribution >= 4 is 17.4 Å². The van der Waals surface area contributed by atoms with Gasteiger partial charge < -0.3 is 16.4 Å². The molecule has 18 heavy (non-hydrogen) atoms. The van der Waals surface area contributed by atoms with Gasteiger partial charge in [-0.1, -0.05) is 0 Å². The highest BCUT2D eigenvalue weighted by Gasteiger charge is 2.21. The quantitative estimate of drug-likeness (QED) is 0.514. The first-order valence-electron chi connectivity index (χ1n) is 5.61. The van der Waals surface area contributed by atoms with Gasteiger partial charge in [-0.05, 0) is 6.42 Å². The zero-order valence-corrected chi connectivity index (χ0v) is 9.95. The first-order valence-corrected chi connectivity index (χ1v) is 5.61. The van der Waals surface area contributed by atoms with Crippen molar-refractivity contribution in [3.63, 3.8) is 0 Å². The van der Waals surface area contributed by atoms with E-state index in [-0.39, 0.29) is 23.5 Å². The molecule has 98 valence electrons. The number of aromatic amines is 1. The molecular formula is C10H15N5O3. The Morgan fingerprint density at radius 1 is 1.44 bits per heavy atom. The Labute approximate surface area is 102 Å². The number of nitrogens with two attached hydrogens (primary N) is 1. The summed E-state index contributed by atoms with van der Waals surface area (Å²) in [5.74, 6) is 0.0808. The van der Waals surface area contributed by atoms with E-state index in [0.29, 0.717) is 13.0 Å². The first kappa shape index (κ1) is 12.2. The molecule has 1 aromatic heterocycles. The highest BCUT2D eigenvalue weighted by molar-refractivity contribution is 5.78. The highest BCUT2D eigenvalue weighted by Crippen LogP contribution is 2.11. The van der Waals surface area contributed by atoms with Crippen molar-refractivity contribution in [2.45, 2.75) is 18.9 Å². The van der Waals surface area contributed by atoms with Crippen LogP contribution in [0.5, 0.6) is 0 Å². The van der Waals surface area contributed by atoms with E-state index in [9.17, 15) is 14.4 Å². The van der Waals surface area contributed by atoms with Crippen LogP contribution in [-0.2, 0) is 11.8 Å². The summed E-state index contributed by atoms with van der Waals surface area (Å²) in [6.07, 6.45) is 1.21. The van der Waals surface area contributed by atoms with Crippen LogP contribution < -0.4 is 27.6 Å². The predicted molar refractivity (Wildman–Crippen MR) is 66.4 cm³/mol. The number of carbonyl (C=O) groups excluding carboxylic acids is 1. The zero-order chi connectivity index (χ0) is 13.3. The molecule has 8 nitrogen and oxygen atoms in total. The summed E-state index contributed by atoms with van der Waals surface area (Å²) in [6, 6.07) is -0.0199. The SMILES string of the molecule is Cn1c(N)c(NCC2CCC(=O)N2)c(=O)[nH]c1=O. The Kier molecular flexibility index (Phi) is 3.09. The Hall–Kier alpha value is -2.25. The number of hydrogen-bond donors (Lipinski definition) is 4. The Balaban J connectivity index is 2.15. The van der Waals surface area contributed by atoms with Crippen molar-refractivity contribution in [3.8, 4) is 0 Å². The summed E-state index contributed by atoms with van der Waals surface area (Å²) in [5.41, 5.74) is 4.73. The average molecular weight is 253 g/mol. The third kappa shape index (κ3) is 2.22. The molecule has 0 aliphatic carbocycles. The van der Waals surface area contributed by atoms with E-state index in [1.54, 1.807) is 0 Å². The van der Waals surface area contributed by atoms with Gasteiger partial charge in [0.25, 0.3) is 5.56 Å². The van der Waals surface area contributed by atoms with Gasteiger partial charge in [0.15, 0.2) is 0 Å². The van der Waals surface area contributed by atoms with Gasteiger partial charge >= 0.3 is 5.69 Å². The third-order valence-electron chi connectivity index (χ3n) is 2.98. The van der Waals surface area contributed by atoms with Gasteiger partial charge in [-0.25, -0.2) is 4.79 Å². The van der Waals surface area contributed by atoms with Gasteiger partial charge in [0.2, 0.25) is 5.91 Å². The molecule has 0 bridgehead atoms. The lowest BCUT2D eigenvalue weighted by atomic mass is 10.2. The molecule has 5 N–H and O–H groups in total. The van der Waals surface area contributed by atoms with Crippen LogP contribution >= 0.6 is 0 Å². The van der Waals surface area contributed by atoms with Crippen LogP contribution in [0.3, 0.4) is 0 Å². The van der Waals surface area contributed by atoms with Gasteiger partial charge in [-0.2, -0.15) is 0 Å². The Bertz CT molecular complexity index is 588. The number of nitrogen functional groups attached to an aromatic ring is 1. The number of rotatable bonds is 3. The number of H-pyrrole nitrogens is 1. The van der Waals surface area contributed by atoms with Gasteiger partial charge in [0.1, 0.15) is 11.5 Å². The van der Waals surface area contributed by atoms with E-state index >= 15 is 0 Å². The largest absolute Gasteiger partial charge is 0.383 e. The third-order valence-corrected chi connectivity index (χ3v) is 2.98. The Morgan fingerprint density at radius 3 is 2.78 bits per heavy atom. The maximum absolute atomic E-state index is 11.6. The van der Waals surface area contributed by atoms with Crippen molar-refractivity contribution in [1.29, 1.82) is 0 Å². The van der Waals surface area contributed by atoms with Crippen LogP contribution in [-0.4, -0.2) is 28.0 Å². The smallest absolute Gasteiger partial charge is 0.329 e. The monoisotopic (exact) mass is 253 g/mol. The minimum absolute atomic E-state index is 0.00384.